The summed E-state index contributed by atoms with van der Waals surface area (Å²) in [4.78, 5) is 25.1. The van der Waals surface area contributed by atoms with E-state index in [4.69, 9.17) is 0 Å². The van der Waals surface area contributed by atoms with Gasteiger partial charge in [0.25, 0.3) is 5.91 Å². The van der Waals surface area contributed by atoms with Crippen molar-refractivity contribution in [2.24, 2.45) is 5.92 Å². The van der Waals surface area contributed by atoms with E-state index in [9.17, 15) is 9.59 Å². The Hall–Kier alpha value is -2.62. The smallest absolute Gasteiger partial charge is 0.251 e. The molecular weight excluding hydrogens is 300 g/mol. The van der Waals surface area contributed by atoms with E-state index in [1.807, 2.05) is 52.0 Å². The Morgan fingerprint density at radius 3 is 2.00 bits per heavy atom. The fourth-order valence-electron chi connectivity index (χ4n) is 2.56. The largest absolute Gasteiger partial charge is 0.340 e. The van der Waals surface area contributed by atoms with Crippen LogP contribution in [0.1, 0.15) is 35.3 Å². The minimum absolute atomic E-state index is 0.0259. The van der Waals surface area contributed by atoms with E-state index >= 15 is 0 Å². The van der Waals surface area contributed by atoms with Crippen molar-refractivity contribution in [1.82, 2.24) is 5.32 Å². The van der Waals surface area contributed by atoms with Gasteiger partial charge < -0.3 is 10.6 Å². The quantitative estimate of drug-likeness (QED) is 0.881. The molecule has 2 aromatic carbocycles. The fraction of sp³-hybridized carbons (Fsp3) is 0.300. The Bertz CT molecular complexity index is 703. The molecule has 2 rings (SSSR count). The van der Waals surface area contributed by atoms with Gasteiger partial charge in [-0.15, -0.1) is 0 Å². The highest BCUT2D eigenvalue weighted by molar-refractivity contribution is 6.01. The molecule has 1 atom stereocenters. The molecule has 4 nitrogen and oxygen atoms in total. The number of nitrogens with one attached hydrogen (secondary N) is 2. The molecule has 126 valence electrons. The van der Waals surface area contributed by atoms with Gasteiger partial charge in [-0.3, -0.25) is 9.59 Å². The number of hydrogen-bond acceptors (Lipinski definition) is 2. The zero-order valence-electron chi connectivity index (χ0n) is 14.6. The van der Waals surface area contributed by atoms with Gasteiger partial charge in [0.2, 0.25) is 5.91 Å². The van der Waals surface area contributed by atoms with E-state index in [0.29, 0.717) is 5.56 Å². The standard InChI is InChI=1S/C20H24N2O2/c1-13(2)17(21-19(23)16-11-6-5-7-12-16)20(24)22-18-14(3)9-8-10-15(18)4/h5-13,17H,1-4H3,(H,21,23)(H,22,24). The molecule has 0 saturated heterocycles. The molecule has 2 aromatic rings. The first-order valence-corrected chi connectivity index (χ1v) is 8.13. The molecule has 0 bridgehead atoms. The van der Waals surface area contributed by atoms with Crippen molar-refractivity contribution in [3.8, 4) is 0 Å². The molecule has 0 radical (unpaired) electrons. The molecule has 0 spiro atoms. The van der Waals surface area contributed by atoms with Crippen molar-refractivity contribution in [1.29, 1.82) is 0 Å². The highest BCUT2D eigenvalue weighted by atomic mass is 16.2. The molecule has 0 aliphatic heterocycles. The van der Waals surface area contributed by atoms with E-state index in [1.54, 1.807) is 24.3 Å². The van der Waals surface area contributed by atoms with E-state index in [2.05, 4.69) is 10.6 Å². The van der Waals surface area contributed by atoms with Gasteiger partial charge in [0.05, 0.1) is 0 Å². The molecule has 0 aliphatic rings. The predicted octanol–water partition coefficient (Wildman–Crippen LogP) is 3.70. The first-order valence-electron chi connectivity index (χ1n) is 8.13. The second kappa shape index (κ2) is 7.77. The molecule has 0 heterocycles. The second-order valence-corrected chi connectivity index (χ2v) is 6.32. The Morgan fingerprint density at radius 2 is 1.46 bits per heavy atom. The molecule has 0 saturated carbocycles. The van der Waals surface area contributed by atoms with Crippen molar-refractivity contribution in [3.05, 3.63) is 65.2 Å². The molecule has 4 heteroatoms. The SMILES string of the molecule is Cc1cccc(C)c1NC(=O)C(NC(=O)c1ccccc1)C(C)C. The molecule has 0 fully saturated rings. The Morgan fingerprint density at radius 1 is 0.875 bits per heavy atom. The predicted molar refractivity (Wildman–Crippen MR) is 97.1 cm³/mol. The van der Waals surface area contributed by atoms with Gasteiger partial charge in [-0.1, -0.05) is 50.2 Å². The third kappa shape index (κ3) is 4.22. The number of para-hydroxylation sites is 1. The van der Waals surface area contributed by atoms with Gasteiger partial charge in [0.1, 0.15) is 6.04 Å². The minimum Gasteiger partial charge on any atom is -0.340 e. The lowest BCUT2D eigenvalue weighted by Crippen LogP contribution is -2.47. The molecule has 24 heavy (non-hydrogen) atoms. The summed E-state index contributed by atoms with van der Waals surface area (Å²) < 4.78 is 0. The van der Waals surface area contributed by atoms with E-state index in [0.717, 1.165) is 16.8 Å². The van der Waals surface area contributed by atoms with Crippen LogP contribution in [0.15, 0.2) is 48.5 Å². The molecule has 1 unspecified atom stereocenters. The van der Waals surface area contributed by atoms with Crippen LogP contribution in [-0.2, 0) is 4.79 Å². The van der Waals surface area contributed by atoms with Gasteiger partial charge in [0, 0.05) is 11.3 Å². The van der Waals surface area contributed by atoms with Crippen molar-refractivity contribution >= 4 is 17.5 Å². The lowest BCUT2D eigenvalue weighted by atomic mass is 10.0. The van der Waals surface area contributed by atoms with E-state index in [-0.39, 0.29) is 17.7 Å². The maximum atomic E-state index is 12.7. The molecule has 2 N–H and O–H groups in total. The highest BCUT2D eigenvalue weighted by Gasteiger charge is 2.25. The second-order valence-electron chi connectivity index (χ2n) is 6.32. The summed E-state index contributed by atoms with van der Waals surface area (Å²) >= 11 is 0. The van der Waals surface area contributed by atoms with Crippen LogP contribution in [0.5, 0.6) is 0 Å². The zero-order valence-corrected chi connectivity index (χ0v) is 14.6. The van der Waals surface area contributed by atoms with Gasteiger partial charge in [0.15, 0.2) is 0 Å². The summed E-state index contributed by atoms with van der Waals surface area (Å²) in [5.74, 6) is -0.473. The lowest BCUT2D eigenvalue weighted by Gasteiger charge is -2.23. The Labute approximate surface area is 143 Å². The summed E-state index contributed by atoms with van der Waals surface area (Å²) in [7, 11) is 0. The maximum absolute atomic E-state index is 12.7. The van der Waals surface area contributed by atoms with E-state index in [1.165, 1.54) is 0 Å². The summed E-state index contributed by atoms with van der Waals surface area (Å²) in [6.07, 6.45) is 0. The van der Waals surface area contributed by atoms with Crippen LogP contribution in [0, 0.1) is 19.8 Å². The van der Waals surface area contributed by atoms with Crippen LogP contribution in [0.4, 0.5) is 5.69 Å². The highest BCUT2D eigenvalue weighted by Crippen LogP contribution is 2.20. The van der Waals surface area contributed by atoms with Crippen LogP contribution in [0.25, 0.3) is 0 Å². The van der Waals surface area contributed by atoms with Crippen molar-refractivity contribution in [2.75, 3.05) is 5.32 Å². The van der Waals surface area contributed by atoms with Crippen molar-refractivity contribution in [3.63, 3.8) is 0 Å². The summed E-state index contributed by atoms with van der Waals surface area (Å²) in [5.41, 5.74) is 3.35. The van der Waals surface area contributed by atoms with Crippen LogP contribution in [0.2, 0.25) is 0 Å². The molecule has 0 aromatic heterocycles. The first-order chi connectivity index (χ1) is 11.4. The minimum atomic E-state index is -0.600. The first kappa shape index (κ1) is 17.7. The molecular formula is C20H24N2O2. The average molecular weight is 324 g/mol. The number of hydrogen-bond donors (Lipinski definition) is 2. The third-order valence-electron chi connectivity index (χ3n) is 4.00. The van der Waals surface area contributed by atoms with Gasteiger partial charge >= 0.3 is 0 Å². The number of anilines is 1. The zero-order chi connectivity index (χ0) is 17.7. The summed E-state index contributed by atoms with van der Waals surface area (Å²) in [6.45, 7) is 7.74. The van der Waals surface area contributed by atoms with Crippen LogP contribution < -0.4 is 10.6 Å². The van der Waals surface area contributed by atoms with Crippen molar-refractivity contribution in [2.45, 2.75) is 33.7 Å². The Balaban J connectivity index is 2.15. The Kier molecular flexibility index (Phi) is 5.74. The molecule has 0 aliphatic carbocycles. The fourth-order valence-corrected chi connectivity index (χ4v) is 2.56. The third-order valence-corrected chi connectivity index (χ3v) is 4.00. The van der Waals surface area contributed by atoms with Crippen molar-refractivity contribution < 1.29 is 9.59 Å². The number of aryl methyl sites for hydroxylation is 2. The number of carbonyl (C=O) groups is 2. The monoisotopic (exact) mass is 324 g/mol. The number of rotatable bonds is 5. The topological polar surface area (TPSA) is 58.2 Å². The van der Waals surface area contributed by atoms with Gasteiger partial charge in [-0.25, -0.2) is 0 Å². The maximum Gasteiger partial charge on any atom is 0.251 e. The normalized spacial score (nSPS) is 11.9. The van der Waals surface area contributed by atoms with Crippen LogP contribution in [0.3, 0.4) is 0 Å². The van der Waals surface area contributed by atoms with Gasteiger partial charge in [-0.2, -0.15) is 0 Å². The summed E-state index contributed by atoms with van der Waals surface area (Å²) in [5, 5.41) is 5.80. The van der Waals surface area contributed by atoms with Crippen LogP contribution in [-0.4, -0.2) is 17.9 Å². The average Bonchev–Trinajstić information content (AvgIpc) is 2.56. The number of amides is 2. The van der Waals surface area contributed by atoms with Crippen LogP contribution >= 0.6 is 0 Å². The number of benzene rings is 2. The summed E-state index contributed by atoms with van der Waals surface area (Å²) in [6, 6.07) is 14.2. The lowest BCUT2D eigenvalue weighted by molar-refractivity contribution is -0.118. The number of carbonyl (C=O) groups excluding carboxylic acids is 2. The molecule has 2 amide bonds. The van der Waals surface area contributed by atoms with Gasteiger partial charge in [-0.05, 0) is 43.0 Å². The van der Waals surface area contributed by atoms with E-state index < -0.39 is 6.04 Å².